The van der Waals surface area contributed by atoms with Crippen molar-refractivity contribution in [2.24, 2.45) is 0 Å². The van der Waals surface area contributed by atoms with Crippen LogP contribution in [-0.2, 0) is 15.6 Å². The number of rotatable bonds is 6. The van der Waals surface area contributed by atoms with Crippen LogP contribution in [0.2, 0.25) is 0 Å². The summed E-state index contributed by atoms with van der Waals surface area (Å²) in [6.45, 7) is 4.25. The van der Waals surface area contributed by atoms with Gasteiger partial charge in [0.05, 0.1) is 21.7 Å². The minimum absolute atomic E-state index is 0.113. The molecular weight excluding hydrogens is 440 g/mol. The van der Waals surface area contributed by atoms with Gasteiger partial charge in [-0.2, -0.15) is 0 Å². The molecule has 4 rings (SSSR count). The molecule has 1 heterocycles. The minimum Gasteiger partial charge on any atom is -0.268 e. The molecule has 0 unspecified atom stereocenters. The number of fused-ring (bicyclic) bond motifs is 1. The number of hydrogen-bond acceptors (Lipinski definition) is 5. The van der Waals surface area contributed by atoms with Crippen LogP contribution >= 0.6 is 11.3 Å². The van der Waals surface area contributed by atoms with Crippen molar-refractivity contribution >= 4 is 48.1 Å². The molecule has 0 atom stereocenters. The Morgan fingerprint density at radius 3 is 2.38 bits per heavy atom. The Kier molecular flexibility index (Phi) is 6.13. The highest BCUT2D eigenvalue weighted by Gasteiger charge is 2.24. The summed E-state index contributed by atoms with van der Waals surface area (Å²) in [5, 5.41) is 0.571. The Morgan fingerprint density at radius 2 is 1.72 bits per heavy atom. The van der Waals surface area contributed by atoms with Gasteiger partial charge in [0.25, 0.3) is 5.91 Å². The lowest BCUT2D eigenvalue weighted by molar-refractivity contribution is 0.0999. The van der Waals surface area contributed by atoms with Gasteiger partial charge in [-0.3, -0.25) is 9.69 Å². The summed E-state index contributed by atoms with van der Waals surface area (Å²) in [6, 6.07) is 22.5. The third-order valence-electron chi connectivity index (χ3n) is 5.10. The zero-order valence-corrected chi connectivity index (χ0v) is 19.8. The molecule has 0 aliphatic carbocycles. The van der Waals surface area contributed by atoms with E-state index in [-0.39, 0.29) is 11.7 Å². The summed E-state index contributed by atoms with van der Waals surface area (Å²) < 4.78 is 24.5. The van der Waals surface area contributed by atoms with Gasteiger partial charge in [0.2, 0.25) is 0 Å². The fourth-order valence-electron chi connectivity index (χ4n) is 3.50. The summed E-state index contributed by atoms with van der Waals surface area (Å²) in [5.74, 6) is 0.0123. The van der Waals surface area contributed by atoms with Crippen molar-refractivity contribution in [3.05, 3.63) is 89.5 Å². The molecule has 0 fully saturated rings. The van der Waals surface area contributed by atoms with E-state index in [4.69, 9.17) is 4.98 Å². The van der Waals surface area contributed by atoms with Crippen molar-refractivity contribution in [2.45, 2.75) is 25.5 Å². The molecule has 4 aromatic rings. The molecule has 0 saturated carbocycles. The van der Waals surface area contributed by atoms with Crippen molar-refractivity contribution in [2.75, 3.05) is 11.2 Å². The van der Waals surface area contributed by atoms with E-state index in [0.29, 0.717) is 27.9 Å². The second kappa shape index (κ2) is 8.84. The van der Waals surface area contributed by atoms with Gasteiger partial charge in [0, 0.05) is 11.8 Å². The lowest BCUT2D eigenvalue weighted by Crippen LogP contribution is -2.26. The number of aromatic nitrogens is 1. The van der Waals surface area contributed by atoms with Gasteiger partial charge in [-0.05, 0) is 53.4 Å². The van der Waals surface area contributed by atoms with Crippen LogP contribution in [0.5, 0.6) is 0 Å². The number of para-hydroxylation sites is 1. The van der Waals surface area contributed by atoms with E-state index in [1.165, 1.54) is 23.2 Å². The van der Waals surface area contributed by atoms with Gasteiger partial charge in [-0.25, -0.2) is 13.4 Å². The maximum Gasteiger partial charge on any atom is 0.264 e. The highest BCUT2D eigenvalue weighted by atomic mass is 32.2. The van der Waals surface area contributed by atoms with Crippen LogP contribution in [0, 0.1) is 0 Å². The fraction of sp³-hybridized carbons (Fsp3) is 0.200. The predicted octanol–water partition coefficient (Wildman–Crippen LogP) is 5.94. The van der Waals surface area contributed by atoms with Crippen LogP contribution in [0.3, 0.4) is 0 Å². The molecule has 0 aliphatic rings. The number of carbonyl (C=O) groups excluding carboxylic acids is 1. The monoisotopic (exact) mass is 464 g/mol. The highest BCUT2D eigenvalue weighted by Crippen LogP contribution is 2.35. The zero-order chi connectivity index (χ0) is 22.9. The van der Waals surface area contributed by atoms with Crippen LogP contribution in [-0.4, -0.2) is 25.6 Å². The molecular formula is C25H24N2O3S2. The van der Waals surface area contributed by atoms with E-state index in [2.05, 4.69) is 13.8 Å². The first kappa shape index (κ1) is 22.2. The second-order valence-corrected chi connectivity index (χ2v) is 11.3. The molecule has 0 aliphatic heterocycles. The van der Waals surface area contributed by atoms with Gasteiger partial charge in [0.15, 0.2) is 15.0 Å². The van der Waals surface area contributed by atoms with Gasteiger partial charge < -0.3 is 0 Å². The van der Waals surface area contributed by atoms with Crippen molar-refractivity contribution in [3.8, 4) is 0 Å². The quantitative estimate of drug-likeness (QED) is 0.354. The maximum absolute atomic E-state index is 13.7. The highest BCUT2D eigenvalue weighted by molar-refractivity contribution is 7.89. The second-order valence-electron chi connectivity index (χ2n) is 8.12. The summed E-state index contributed by atoms with van der Waals surface area (Å²) in [7, 11) is -3.21. The van der Waals surface area contributed by atoms with E-state index in [9.17, 15) is 13.2 Å². The average molecular weight is 465 g/mol. The molecule has 5 nitrogen and oxygen atoms in total. The lowest BCUT2D eigenvalue weighted by atomic mass is 10.0. The minimum atomic E-state index is -3.21. The summed E-state index contributed by atoms with van der Waals surface area (Å²) in [6.07, 6.45) is 1.19. The van der Waals surface area contributed by atoms with E-state index in [1.807, 2.05) is 48.5 Å². The van der Waals surface area contributed by atoms with Gasteiger partial charge in [0.1, 0.15) is 0 Å². The number of thiazole rings is 1. The number of hydrogen-bond donors (Lipinski definition) is 0. The zero-order valence-electron chi connectivity index (χ0n) is 18.1. The van der Waals surface area contributed by atoms with Crippen LogP contribution < -0.4 is 4.90 Å². The predicted molar refractivity (Wildman–Crippen MR) is 132 cm³/mol. The van der Waals surface area contributed by atoms with Gasteiger partial charge in [-0.15, -0.1) is 0 Å². The molecule has 0 spiro atoms. The molecule has 0 N–H and O–H groups in total. The van der Waals surface area contributed by atoms with Crippen molar-refractivity contribution in [1.82, 2.24) is 4.98 Å². The smallest absolute Gasteiger partial charge is 0.264 e. The molecule has 7 heteroatoms. The van der Waals surface area contributed by atoms with Crippen LogP contribution in [0.15, 0.2) is 72.8 Å². The number of benzene rings is 3. The average Bonchev–Trinajstić information content (AvgIpc) is 3.16. The Hall–Kier alpha value is -3.03. The SMILES string of the molecule is CC(C)c1ccc(N(C(=O)c2cccc(CS(C)(=O)=O)c2)c2nc3ccccc3s2)cc1. The third-order valence-corrected chi connectivity index (χ3v) is 6.98. The fourth-order valence-corrected chi connectivity index (χ4v) is 5.27. The first-order chi connectivity index (χ1) is 15.2. The lowest BCUT2D eigenvalue weighted by Gasteiger charge is -2.21. The summed E-state index contributed by atoms with van der Waals surface area (Å²) in [4.78, 5) is 20.0. The molecule has 1 amide bonds. The van der Waals surface area contributed by atoms with Crippen LogP contribution in [0.4, 0.5) is 10.8 Å². The Morgan fingerprint density at radius 1 is 1.00 bits per heavy atom. The first-order valence-electron chi connectivity index (χ1n) is 10.3. The normalized spacial score (nSPS) is 11.8. The number of amides is 1. The van der Waals surface area contributed by atoms with Crippen LogP contribution in [0.25, 0.3) is 10.2 Å². The molecule has 32 heavy (non-hydrogen) atoms. The van der Waals surface area contributed by atoms with Crippen LogP contribution in [0.1, 0.15) is 41.3 Å². The standard InChI is InChI=1S/C25H24N2O3S2/c1-17(2)19-11-13-21(14-12-19)27(25-26-22-9-4-5-10-23(22)31-25)24(28)20-8-6-7-18(15-20)16-32(3,29)30/h4-15,17H,16H2,1-3H3. The number of carbonyl (C=O) groups is 1. The van der Waals surface area contributed by atoms with E-state index < -0.39 is 9.84 Å². The van der Waals surface area contributed by atoms with Crippen molar-refractivity contribution < 1.29 is 13.2 Å². The van der Waals surface area contributed by atoms with Gasteiger partial charge in [-0.1, -0.05) is 61.6 Å². The van der Waals surface area contributed by atoms with E-state index >= 15 is 0 Å². The Balaban J connectivity index is 1.80. The number of nitrogens with zero attached hydrogens (tertiary/aromatic N) is 2. The largest absolute Gasteiger partial charge is 0.268 e. The first-order valence-corrected chi connectivity index (χ1v) is 13.2. The molecule has 0 saturated heterocycles. The van der Waals surface area contributed by atoms with Crippen molar-refractivity contribution in [3.63, 3.8) is 0 Å². The van der Waals surface area contributed by atoms with E-state index in [0.717, 1.165) is 10.2 Å². The Bertz CT molecular complexity index is 1340. The molecule has 3 aromatic carbocycles. The molecule has 0 radical (unpaired) electrons. The summed E-state index contributed by atoms with van der Waals surface area (Å²) in [5.41, 5.74) is 3.72. The van der Waals surface area contributed by atoms with Gasteiger partial charge >= 0.3 is 0 Å². The molecule has 0 bridgehead atoms. The molecule has 1 aromatic heterocycles. The Labute approximate surface area is 192 Å². The van der Waals surface area contributed by atoms with E-state index in [1.54, 1.807) is 29.2 Å². The topological polar surface area (TPSA) is 67.3 Å². The third kappa shape index (κ3) is 4.89. The number of sulfone groups is 1. The maximum atomic E-state index is 13.7. The molecule has 164 valence electrons. The summed E-state index contributed by atoms with van der Waals surface area (Å²) >= 11 is 1.45. The van der Waals surface area contributed by atoms with Crippen molar-refractivity contribution in [1.29, 1.82) is 0 Å². The number of anilines is 2.